The Kier molecular flexibility index (Phi) is 4.93. The van der Waals surface area contributed by atoms with E-state index in [4.69, 9.17) is 11.6 Å². The molecule has 118 valence electrons. The van der Waals surface area contributed by atoms with Crippen LogP contribution in [0, 0.1) is 0 Å². The number of hydrogen-bond acceptors (Lipinski definition) is 2. The number of amides is 1. The number of carbonyl (C=O) groups excluding carboxylic acids is 1. The van der Waals surface area contributed by atoms with Gasteiger partial charge in [-0.3, -0.25) is 4.79 Å². The van der Waals surface area contributed by atoms with Gasteiger partial charge in [0.25, 0.3) is 0 Å². The fourth-order valence-electron chi connectivity index (χ4n) is 2.65. The summed E-state index contributed by atoms with van der Waals surface area (Å²) >= 11 is 6.10. The van der Waals surface area contributed by atoms with Gasteiger partial charge in [0.05, 0.1) is 0 Å². The summed E-state index contributed by atoms with van der Waals surface area (Å²) in [4.78, 5) is 19.5. The largest absolute Gasteiger partial charge is 0.368 e. The van der Waals surface area contributed by atoms with Crippen molar-refractivity contribution in [2.75, 3.05) is 31.1 Å². The minimum Gasteiger partial charge on any atom is -0.368 e. The van der Waals surface area contributed by atoms with E-state index in [9.17, 15) is 4.79 Å². The van der Waals surface area contributed by atoms with Crippen molar-refractivity contribution in [3.05, 3.63) is 65.5 Å². The maximum atomic E-state index is 12.3. The van der Waals surface area contributed by atoms with Gasteiger partial charge in [-0.25, -0.2) is 4.98 Å². The molecule has 4 nitrogen and oxygen atoms in total. The zero-order chi connectivity index (χ0) is 16.1. The van der Waals surface area contributed by atoms with Gasteiger partial charge in [0, 0.05) is 55.1 Å². The molecule has 0 atom stereocenters. The van der Waals surface area contributed by atoms with Crippen LogP contribution >= 0.6 is 11.6 Å². The van der Waals surface area contributed by atoms with Crippen molar-refractivity contribution in [2.45, 2.75) is 0 Å². The van der Waals surface area contributed by atoms with Crippen LogP contribution in [0.3, 0.4) is 0 Å². The number of H-pyrrole nitrogens is 1. The van der Waals surface area contributed by atoms with Gasteiger partial charge in [-0.2, -0.15) is 0 Å². The average Bonchev–Trinajstić information content (AvgIpc) is 2.62. The molecule has 1 aliphatic heterocycles. The Morgan fingerprint density at radius 3 is 2.43 bits per heavy atom. The van der Waals surface area contributed by atoms with Crippen molar-refractivity contribution in [1.29, 1.82) is 0 Å². The predicted molar refractivity (Wildman–Crippen MR) is 92.3 cm³/mol. The molecule has 1 aliphatic rings. The van der Waals surface area contributed by atoms with Gasteiger partial charge in [0.2, 0.25) is 5.91 Å². The van der Waals surface area contributed by atoms with Gasteiger partial charge >= 0.3 is 0 Å². The summed E-state index contributed by atoms with van der Waals surface area (Å²) in [6, 6.07) is 11.6. The van der Waals surface area contributed by atoms with Crippen LogP contribution < -0.4 is 9.88 Å². The Balaban J connectivity index is 1.57. The van der Waals surface area contributed by atoms with Crippen molar-refractivity contribution >= 4 is 29.3 Å². The van der Waals surface area contributed by atoms with Crippen molar-refractivity contribution in [3.63, 3.8) is 0 Å². The monoisotopic (exact) mass is 328 g/mol. The number of benzene rings is 1. The predicted octanol–water partition coefficient (Wildman–Crippen LogP) is 2.52. The summed E-state index contributed by atoms with van der Waals surface area (Å²) in [7, 11) is 0. The van der Waals surface area contributed by atoms with Crippen molar-refractivity contribution in [3.8, 4) is 0 Å². The molecule has 1 aromatic heterocycles. The third-order valence-electron chi connectivity index (χ3n) is 3.97. The second-order valence-electron chi connectivity index (χ2n) is 5.43. The van der Waals surface area contributed by atoms with E-state index < -0.39 is 0 Å². The minimum atomic E-state index is 0.0333. The molecular weight excluding hydrogens is 310 g/mol. The molecule has 5 heteroatoms. The number of carbonyl (C=O) groups is 1. The van der Waals surface area contributed by atoms with Gasteiger partial charge in [-0.1, -0.05) is 29.8 Å². The van der Waals surface area contributed by atoms with Crippen molar-refractivity contribution < 1.29 is 9.78 Å². The lowest BCUT2D eigenvalue weighted by Crippen LogP contribution is -2.48. The zero-order valence-electron chi connectivity index (χ0n) is 12.8. The summed E-state index contributed by atoms with van der Waals surface area (Å²) in [6.07, 6.45) is 7.22. The number of nitrogens with one attached hydrogen (secondary N) is 1. The van der Waals surface area contributed by atoms with Crippen LogP contribution in [0.25, 0.3) is 6.08 Å². The lowest BCUT2D eigenvalue weighted by Gasteiger charge is -2.35. The summed E-state index contributed by atoms with van der Waals surface area (Å²) in [6.45, 7) is 3.14. The van der Waals surface area contributed by atoms with E-state index in [1.165, 1.54) is 5.69 Å². The molecule has 23 heavy (non-hydrogen) atoms. The SMILES string of the molecule is O=C(/C=C/c1ccccc1Cl)N1CCN(c2cc[nH+]cc2)CC1. The smallest absolute Gasteiger partial charge is 0.246 e. The lowest BCUT2D eigenvalue weighted by molar-refractivity contribution is -0.377. The van der Waals surface area contributed by atoms with Gasteiger partial charge in [0.1, 0.15) is 0 Å². The topological polar surface area (TPSA) is 37.7 Å². The number of piperazine rings is 1. The van der Waals surface area contributed by atoms with E-state index in [-0.39, 0.29) is 5.91 Å². The molecule has 1 aromatic carbocycles. The zero-order valence-corrected chi connectivity index (χ0v) is 13.5. The quantitative estimate of drug-likeness (QED) is 0.812. The number of halogens is 1. The number of anilines is 1. The van der Waals surface area contributed by atoms with Crippen molar-refractivity contribution in [2.24, 2.45) is 0 Å². The van der Waals surface area contributed by atoms with Crippen LogP contribution in [0.1, 0.15) is 5.56 Å². The first kappa shape index (κ1) is 15.6. The molecule has 0 aliphatic carbocycles. The Morgan fingerprint density at radius 2 is 1.74 bits per heavy atom. The molecule has 0 saturated carbocycles. The molecule has 1 N–H and O–H groups in total. The Hall–Kier alpha value is -2.33. The number of rotatable bonds is 3. The molecule has 3 rings (SSSR count). The third-order valence-corrected chi connectivity index (χ3v) is 4.31. The average molecular weight is 329 g/mol. The molecule has 0 spiro atoms. The number of pyridine rings is 1. The normalized spacial score (nSPS) is 15.2. The van der Waals surface area contributed by atoms with Gasteiger partial charge < -0.3 is 9.80 Å². The summed E-state index contributed by atoms with van der Waals surface area (Å²) in [5, 5.41) is 0.655. The van der Waals surface area contributed by atoms with Crippen LogP contribution in [0.2, 0.25) is 5.02 Å². The van der Waals surface area contributed by atoms with Crippen LogP contribution in [0.5, 0.6) is 0 Å². The van der Waals surface area contributed by atoms with Crippen LogP contribution in [-0.4, -0.2) is 37.0 Å². The Morgan fingerprint density at radius 1 is 1.04 bits per heavy atom. The summed E-state index contributed by atoms with van der Waals surface area (Å²) in [5.74, 6) is 0.0333. The highest BCUT2D eigenvalue weighted by molar-refractivity contribution is 6.32. The van der Waals surface area contributed by atoms with Gasteiger partial charge in [0.15, 0.2) is 12.4 Å². The second kappa shape index (κ2) is 7.29. The first-order valence-corrected chi connectivity index (χ1v) is 8.04. The molecule has 1 saturated heterocycles. The molecule has 0 bridgehead atoms. The third kappa shape index (κ3) is 3.90. The molecule has 2 heterocycles. The molecule has 1 fully saturated rings. The second-order valence-corrected chi connectivity index (χ2v) is 5.83. The van der Waals surface area contributed by atoms with E-state index in [1.54, 1.807) is 12.2 Å². The molecule has 0 unspecified atom stereocenters. The van der Waals surface area contributed by atoms with E-state index in [2.05, 4.69) is 22.0 Å². The minimum absolute atomic E-state index is 0.0333. The number of aromatic amines is 1. The first-order chi connectivity index (χ1) is 11.2. The Labute approximate surface area is 141 Å². The fourth-order valence-corrected chi connectivity index (χ4v) is 2.85. The fraction of sp³-hybridized carbons (Fsp3) is 0.222. The van der Waals surface area contributed by atoms with E-state index in [1.807, 2.05) is 41.6 Å². The summed E-state index contributed by atoms with van der Waals surface area (Å²) < 4.78 is 0. The van der Waals surface area contributed by atoms with E-state index in [0.29, 0.717) is 5.02 Å². The van der Waals surface area contributed by atoms with Crippen molar-refractivity contribution in [1.82, 2.24) is 4.90 Å². The molecule has 0 radical (unpaired) electrons. The van der Waals surface area contributed by atoms with Gasteiger partial charge in [-0.05, 0) is 17.7 Å². The molecule has 2 aromatic rings. The highest BCUT2D eigenvalue weighted by atomic mass is 35.5. The van der Waals surface area contributed by atoms with Gasteiger partial charge in [-0.15, -0.1) is 0 Å². The van der Waals surface area contributed by atoms with Crippen LogP contribution in [0.4, 0.5) is 5.69 Å². The number of nitrogens with zero attached hydrogens (tertiary/aromatic N) is 2. The molecule has 1 amide bonds. The highest BCUT2D eigenvalue weighted by Crippen LogP contribution is 2.17. The maximum Gasteiger partial charge on any atom is 0.246 e. The Bertz CT molecular complexity index is 694. The number of aromatic nitrogens is 1. The highest BCUT2D eigenvalue weighted by Gasteiger charge is 2.20. The molecular formula is C18H19ClN3O+. The first-order valence-electron chi connectivity index (χ1n) is 7.66. The van der Waals surface area contributed by atoms with E-state index in [0.717, 1.165) is 31.7 Å². The van der Waals surface area contributed by atoms with E-state index >= 15 is 0 Å². The van der Waals surface area contributed by atoms with Crippen LogP contribution in [0.15, 0.2) is 54.9 Å². The maximum absolute atomic E-state index is 12.3. The van der Waals surface area contributed by atoms with Crippen LogP contribution in [-0.2, 0) is 4.79 Å². The standard InChI is InChI=1S/C18H18ClN3O/c19-17-4-2-1-3-15(17)5-6-18(23)22-13-11-21(12-14-22)16-7-9-20-10-8-16/h1-10H,11-14H2/p+1/b6-5+. The number of hydrogen-bond donors (Lipinski definition) is 0. The summed E-state index contributed by atoms with van der Waals surface area (Å²) in [5.41, 5.74) is 2.05. The lowest BCUT2D eigenvalue weighted by atomic mass is 10.2.